The highest BCUT2D eigenvalue weighted by Gasteiger charge is 2.49. The van der Waals surface area contributed by atoms with Crippen molar-refractivity contribution in [2.45, 2.75) is 0 Å². The van der Waals surface area contributed by atoms with E-state index in [1.54, 1.807) is 0 Å². The van der Waals surface area contributed by atoms with Gasteiger partial charge in [0.05, 0.1) is 60.2 Å². The highest BCUT2D eigenvalue weighted by molar-refractivity contribution is 7.80. The van der Waals surface area contributed by atoms with Crippen molar-refractivity contribution >= 4 is 75.0 Å². The van der Waals surface area contributed by atoms with Gasteiger partial charge < -0.3 is 0 Å². The normalized spacial score (nSPS) is 10.6. The third-order valence-electron chi connectivity index (χ3n) is 5.73. The Morgan fingerprint density at radius 1 is 0.304 bits per heavy atom. The first-order valence-corrected chi connectivity index (χ1v) is 12.3. The van der Waals surface area contributed by atoms with Crippen LogP contribution in [0.1, 0.15) is 0 Å². The quantitative estimate of drug-likeness (QED) is 0.152. The first-order chi connectivity index (χ1) is 21.3. The Morgan fingerprint density at radius 3 is 0.652 bits per heavy atom. The largest absolute Gasteiger partial charge is 0.423 e. The summed E-state index contributed by atoms with van der Waals surface area (Å²) in [5.41, 5.74) is -16.0. The van der Waals surface area contributed by atoms with Gasteiger partial charge in [-0.25, -0.2) is 0 Å². The number of rotatable bonds is 12. The van der Waals surface area contributed by atoms with E-state index in [0.29, 0.717) is 18.2 Å². The molecule has 0 amide bonds. The molecule has 46 heavy (non-hydrogen) atoms. The van der Waals surface area contributed by atoms with Crippen molar-refractivity contribution in [2.24, 2.45) is 0 Å². The van der Waals surface area contributed by atoms with Gasteiger partial charge in [-0.05, 0) is 18.2 Å². The number of hydrogen-bond donors (Lipinski definition) is 0. The lowest BCUT2D eigenvalue weighted by Gasteiger charge is -2.18. The lowest BCUT2D eigenvalue weighted by Crippen LogP contribution is -2.28. The lowest BCUT2D eigenvalue weighted by atomic mass is 10.2. The second-order valence-corrected chi connectivity index (χ2v) is 10.2. The van der Waals surface area contributed by atoms with E-state index in [9.17, 15) is 91.0 Å². The molecule has 0 bridgehead atoms. The molecule has 0 atom stereocenters. The van der Waals surface area contributed by atoms with Gasteiger partial charge in [-0.15, -0.1) is 0 Å². The van der Waals surface area contributed by atoms with Gasteiger partial charge in [0.1, 0.15) is 0 Å². The van der Waals surface area contributed by atoms with Crippen molar-refractivity contribution in [3.63, 3.8) is 0 Å². The van der Waals surface area contributed by atoms with Crippen LogP contribution in [0.4, 0.5) is 51.2 Å². The molecule has 27 nitrogen and oxygen atoms in total. The van der Waals surface area contributed by atoms with Crippen LogP contribution in [-0.2, 0) is 0 Å². The van der Waals surface area contributed by atoms with E-state index in [0.717, 1.165) is 0 Å². The van der Waals surface area contributed by atoms with E-state index in [4.69, 9.17) is 0 Å². The molecular weight excluding hydrogens is 661 g/mol. The molecule has 0 aliphatic carbocycles. The van der Waals surface area contributed by atoms with Crippen LogP contribution >= 0.6 is 7.92 Å². The minimum absolute atomic E-state index is 0.243. The van der Waals surface area contributed by atoms with E-state index in [-0.39, 0.29) is 18.2 Å². The van der Waals surface area contributed by atoms with Crippen LogP contribution in [-0.4, -0.2) is 44.3 Å². The molecule has 0 aliphatic heterocycles. The summed E-state index contributed by atoms with van der Waals surface area (Å²) >= 11 is 0. The van der Waals surface area contributed by atoms with E-state index < -0.39 is 119 Å². The van der Waals surface area contributed by atoms with Crippen molar-refractivity contribution in [3.05, 3.63) is 127 Å². The smallest absolute Gasteiger partial charge is 0.258 e. The molecular formula is C18H6N9O18P. The second kappa shape index (κ2) is 12.1. The highest BCUT2D eigenvalue weighted by atomic mass is 31.1. The number of nitro benzene ring substituents is 9. The molecule has 3 aromatic carbocycles. The molecule has 0 spiro atoms. The van der Waals surface area contributed by atoms with E-state index in [2.05, 4.69) is 0 Å². The van der Waals surface area contributed by atoms with Gasteiger partial charge in [-0.1, -0.05) is 0 Å². The summed E-state index contributed by atoms with van der Waals surface area (Å²) in [4.78, 5) is 92.3. The molecule has 0 aromatic heterocycles. The van der Waals surface area contributed by atoms with Crippen molar-refractivity contribution in [3.8, 4) is 0 Å². The Hall–Kier alpha value is -7.31. The predicted octanol–water partition coefficient (Wildman–Crippen LogP) is 2.62. The van der Waals surface area contributed by atoms with Crippen molar-refractivity contribution in [1.29, 1.82) is 0 Å². The zero-order valence-electron chi connectivity index (χ0n) is 21.3. The summed E-state index contributed by atoms with van der Waals surface area (Å²) in [6.45, 7) is 0. The van der Waals surface area contributed by atoms with Crippen LogP contribution in [0.3, 0.4) is 0 Å². The van der Waals surface area contributed by atoms with Crippen LogP contribution in [0.5, 0.6) is 0 Å². The van der Waals surface area contributed by atoms with E-state index in [1.165, 1.54) is 0 Å². The van der Waals surface area contributed by atoms with Crippen molar-refractivity contribution in [1.82, 2.24) is 0 Å². The zero-order chi connectivity index (χ0) is 34.9. The molecule has 0 saturated carbocycles. The summed E-state index contributed by atoms with van der Waals surface area (Å²) in [6.07, 6.45) is 0. The average Bonchev–Trinajstić information content (AvgIpc) is 2.95. The summed E-state index contributed by atoms with van der Waals surface area (Å²) in [7, 11) is -3.73. The molecule has 0 unspecified atom stereocenters. The molecule has 28 heteroatoms. The highest BCUT2D eigenvalue weighted by Crippen LogP contribution is 2.51. The fourth-order valence-electron chi connectivity index (χ4n) is 4.13. The Labute approximate surface area is 247 Å². The summed E-state index contributed by atoms with van der Waals surface area (Å²) in [6, 6.07) is 1.74. The summed E-state index contributed by atoms with van der Waals surface area (Å²) in [5.74, 6) is 0. The van der Waals surface area contributed by atoms with E-state index in [1.807, 2.05) is 0 Å². The van der Waals surface area contributed by atoms with Gasteiger partial charge in [0.25, 0.3) is 0 Å². The molecule has 0 aliphatic rings. The minimum atomic E-state index is -3.73. The van der Waals surface area contributed by atoms with Crippen molar-refractivity contribution < 1.29 is 44.3 Å². The van der Waals surface area contributed by atoms with Gasteiger partial charge in [0.15, 0.2) is 0 Å². The molecule has 0 heterocycles. The number of hydrogen-bond acceptors (Lipinski definition) is 18. The first kappa shape index (κ1) is 33.2. The molecule has 0 N–H and O–H groups in total. The average molecular weight is 667 g/mol. The van der Waals surface area contributed by atoms with Gasteiger partial charge in [0, 0.05) is 26.1 Å². The predicted molar refractivity (Wildman–Crippen MR) is 145 cm³/mol. The number of nitro groups is 9. The monoisotopic (exact) mass is 667 g/mol. The van der Waals surface area contributed by atoms with Crippen LogP contribution in [0.25, 0.3) is 0 Å². The summed E-state index contributed by atoms with van der Waals surface area (Å²) < 4.78 is 0. The maximum Gasteiger partial charge on any atom is 0.423 e. The maximum absolute atomic E-state index is 12.2. The maximum atomic E-state index is 12.2. The fourth-order valence-corrected chi connectivity index (χ4v) is 6.78. The molecule has 0 saturated heterocycles. The SMILES string of the molecule is O=[N+]([O-])c1ccc(P(c2ccc([N+](=O)[O-])c([N+](=O)[O-])c2[N+](=O)[O-])c2ccc([N+](=O)[O-])c([N+](=O)[O-])c2[N+](=O)[O-])c([N+](=O)[O-])c1[N+](=O)[O-]. The minimum Gasteiger partial charge on any atom is -0.258 e. The fraction of sp³-hybridized carbons (Fsp3) is 0. The molecule has 0 radical (unpaired) electrons. The molecule has 0 fully saturated rings. The lowest BCUT2D eigenvalue weighted by molar-refractivity contribution is -0.440. The van der Waals surface area contributed by atoms with Gasteiger partial charge >= 0.3 is 51.2 Å². The zero-order valence-corrected chi connectivity index (χ0v) is 22.2. The number of benzene rings is 3. The van der Waals surface area contributed by atoms with Crippen LogP contribution < -0.4 is 15.9 Å². The third kappa shape index (κ3) is 5.56. The first-order valence-electron chi connectivity index (χ1n) is 11.0. The van der Waals surface area contributed by atoms with Gasteiger partial charge in [-0.2, -0.15) is 0 Å². The van der Waals surface area contributed by atoms with Crippen molar-refractivity contribution in [2.75, 3.05) is 0 Å². The second-order valence-electron chi connectivity index (χ2n) is 8.05. The van der Waals surface area contributed by atoms with Crippen LogP contribution in [0.2, 0.25) is 0 Å². The molecule has 236 valence electrons. The standard InChI is InChI=1S/C18H6N9O18P/c28-19(29)7-1-4-10(16(25(40)41)13(7)22(34)35)46(11-5-2-8(20(30)31)14(23(36)37)17(11)26(42)43)12-6-3-9(21(32)33)15(24(38)39)18(12)27(44)45/h1-6H. The molecule has 3 rings (SSSR count). The third-order valence-corrected chi connectivity index (χ3v) is 8.26. The Kier molecular flexibility index (Phi) is 8.75. The van der Waals surface area contributed by atoms with Gasteiger partial charge in [-0.3, -0.25) is 91.0 Å². The molecule has 3 aromatic rings. The Balaban J connectivity index is 2.83. The topological polar surface area (TPSA) is 388 Å². The van der Waals surface area contributed by atoms with Gasteiger partial charge in [0.2, 0.25) is 0 Å². The van der Waals surface area contributed by atoms with Crippen LogP contribution in [0, 0.1) is 91.0 Å². The van der Waals surface area contributed by atoms with E-state index >= 15 is 0 Å². The summed E-state index contributed by atoms with van der Waals surface area (Å²) in [5, 5.41) is 103. The Morgan fingerprint density at radius 2 is 0.500 bits per heavy atom. The Bertz CT molecular complexity index is 1760. The number of nitrogens with zero attached hydrogens (tertiary/aromatic N) is 9. The van der Waals surface area contributed by atoms with Crippen LogP contribution in [0.15, 0.2) is 36.4 Å².